The van der Waals surface area contributed by atoms with Crippen molar-refractivity contribution in [1.29, 1.82) is 0 Å². The number of esters is 1. The highest BCUT2D eigenvalue weighted by Crippen LogP contribution is 2.23. The van der Waals surface area contributed by atoms with Gasteiger partial charge in [0, 0.05) is 15.6 Å². The third-order valence-corrected chi connectivity index (χ3v) is 4.42. The number of rotatable bonds is 5. The molecule has 1 amide bonds. The Morgan fingerprint density at radius 1 is 1.03 bits per heavy atom. The molecule has 0 spiro atoms. The van der Waals surface area contributed by atoms with Crippen molar-refractivity contribution >= 4 is 34.0 Å². The molecule has 0 aliphatic carbocycles. The molecule has 0 bridgehead atoms. The zero-order chi connectivity index (χ0) is 20.8. The molecule has 3 aromatic rings. The molecule has 0 saturated heterocycles. The van der Waals surface area contributed by atoms with E-state index in [1.54, 1.807) is 36.4 Å². The number of nitrogens with one attached hydrogen (secondary N) is 1. The Morgan fingerprint density at radius 2 is 1.79 bits per heavy atom. The molecule has 7 heteroatoms. The van der Waals surface area contributed by atoms with E-state index in [1.165, 1.54) is 30.5 Å². The molecule has 146 valence electrons. The Hall–Kier alpha value is -3.45. The lowest BCUT2D eigenvalue weighted by molar-refractivity contribution is 0.0734. The molecule has 2 N–H and O–H groups in total. The van der Waals surface area contributed by atoms with Gasteiger partial charge in [0.2, 0.25) is 0 Å². The summed E-state index contributed by atoms with van der Waals surface area (Å²) in [5.74, 6) is -0.546. The van der Waals surface area contributed by atoms with Gasteiger partial charge in [-0.2, -0.15) is 5.10 Å². The number of ether oxygens (including phenoxy) is 1. The van der Waals surface area contributed by atoms with Crippen LogP contribution in [0.3, 0.4) is 0 Å². The predicted molar refractivity (Wildman–Crippen MR) is 113 cm³/mol. The molecule has 29 heavy (non-hydrogen) atoms. The summed E-state index contributed by atoms with van der Waals surface area (Å²) >= 11 is 3.37. The highest BCUT2D eigenvalue weighted by Gasteiger charge is 2.12. The van der Waals surface area contributed by atoms with E-state index in [4.69, 9.17) is 4.74 Å². The minimum absolute atomic E-state index is 0.0688. The van der Waals surface area contributed by atoms with E-state index in [-0.39, 0.29) is 5.75 Å². The van der Waals surface area contributed by atoms with Gasteiger partial charge in [0.25, 0.3) is 5.91 Å². The summed E-state index contributed by atoms with van der Waals surface area (Å²) in [4.78, 5) is 24.5. The second kappa shape index (κ2) is 9.16. The number of aryl methyl sites for hydroxylation is 1. The van der Waals surface area contributed by atoms with Gasteiger partial charge in [-0.25, -0.2) is 10.2 Å². The molecule has 0 aliphatic heterocycles. The average Bonchev–Trinajstić information content (AvgIpc) is 2.70. The van der Waals surface area contributed by atoms with Gasteiger partial charge in [0.15, 0.2) is 0 Å². The van der Waals surface area contributed by atoms with Gasteiger partial charge < -0.3 is 9.84 Å². The van der Waals surface area contributed by atoms with Crippen LogP contribution in [0, 0.1) is 6.92 Å². The minimum Gasteiger partial charge on any atom is -0.508 e. The topological polar surface area (TPSA) is 88.0 Å². The van der Waals surface area contributed by atoms with Crippen molar-refractivity contribution in [3.05, 3.63) is 93.5 Å². The van der Waals surface area contributed by atoms with Crippen molar-refractivity contribution in [2.75, 3.05) is 0 Å². The number of aromatic hydroxyl groups is 1. The van der Waals surface area contributed by atoms with E-state index < -0.39 is 11.9 Å². The van der Waals surface area contributed by atoms with Crippen molar-refractivity contribution in [1.82, 2.24) is 5.43 Å². The standard InChI is InChI=1S/C22H17BrN2O4/c1-14-3-2-4-16(11-14)22(28)29-20-10-7-18(23)12-17(20)13-24-25-21(27)15-5-8-19(26)9-6-15/h2-13,26H,1H3,(H,25,27). The smallest absolute Gasteiger partial charge is 0.343 e. The number of hydrazone groups is 1. The van der Waals surface area contributed by atoms with Crippen LogP contribution in [0.1, 0.15) is 31.8 Å². The first kappa shape index (κ1) is 20.3. The van der Waals surface area contributed by atoms with Crippen LogP contribution in [0.2, 0.25) is 0 Å². The number of benzene rings is 3. The first-order valence-electron chi connectivity index (χ1n) is 8.63. The number of nitrogens with zero attached hydrogens (tertiary/aromatic N) is 1. The Kier molecular flexibility index (Phi) is 6.41. The average molecular weight is 453 g/mol. The van der Waals surface area contributed by atoms with Crippen LogP contribution >= 0.6 is 15.9 Å². The van der Waals surface area contributed by atoms with Crippen LogP contribution in [0.15, 0.2) is 76.3 Å². The van der Waals surface area contributed by atoms with Gasteiger partial charge in [-0.05, 0) is 61.5 Å². The summed E-state index contributed by atoms with van der Waals surface area (Å²) in [5, 5.41) is 13.2. The van der Waals surface area contributed by atoms with E-state index in [0.29, 0.717) is 22.4 Å². The molecule has 6 nitrogen and oxygen atoms in total. The summed E-state index contributed by atoms with van der Waals surface area (Å²) in [6.45, 7) is 1.89. The van der Waals surface area contributed by atoms with Gasteiger partial charge in [-0.3, -0.25) is 4.79 Å². The van der Waals surface area contributed by atoms with Crippen molar-refractivity contribution in [3.8, 4) is 11.5 Å². The first-order valence-corrected chi connectivity index (χ1v) is 9.42. The zero-order valence-corrected chi connectivity index (χ0v) is 17.0. The lowest BCUT2D eigenvalue weighted by Gasteiger charge is -2.08. The maximum Gasteiger partial charge on any atom is 0.343 e. The molecule has 3 aromatic carbocycles. The summed E-state index contributed by atoms with van der Waals surface area (Å²) in [5.41, 5.74) is 4.65. The van der Waals surface area contributed by atoms with E-state index in [2.05, 4.69) is 26.5 Å². The van der Waals surface area contributed by atoms with E-state index in [9.17, 15) is 14.7 Å². The monoisotopic (exact) mass is 452 g/mol. The summed E-state index contributed by atoms with van der Waals surface area (Å²) in [6, 6.07) is 18.0. The Balaban J connectivity index is 1.74. The molecule has 0 saturated carbocycles. The van der Waals surface area contributed by atoms with Gasteiger partial charge in [0.05, 0.1) is 11.8 Å². The third kappa shape index (κ3) is 5.52. The van der Waals surface area contributed by atoms with Crippen LogP contribution in [0.25, 0.3) is 0 Å². The van der Waals surface area contributed by atoms with Crippen LogP contribution in [0.4, 0.5) is 0 Å². The number of hydrogen-bond donors (Lipinski definition) is 2. The maximum atomic E-state index is 12.4. The number of phenolic OH excluding ortho intramolecular Hbond substituents is 1. The fourth-order valence-corrected chi connectivity index (χ4v) is 2.86. The maximum absolute atomic E-state index is 12.4. The quantitative estimate of drug-likeness (QED) is 0.259. The van der Waals surface area contributed by atoms with Crippen LogP contribution in [0.5, 0.6) is 11.5 Å². The molecule has 0 radical (unpaired) electrons. The summed E-state index contributed by atoms with van der Waals surface area (Å²) < 4.78 is 6.27. The Bertz CT molecular complexity index is 1080. The molecule has 3 rings (SSSR count). The second-order valence-corrected chi connectivity index (χ2v) is 7.10. The number of carbonyl (C=O) groups is 2. The molecular weight excluding hydrogens is 436 g/mol. The largest absolute Gasteiger partial charge is 0.508 e. The normalized spacial score (nSPS) is 10.7. The third-order valence-electron chi connectivity index (χ3n) is 3.93. The lowest BCUT2D eigenvalue weighted by atomic mass is 10.1. The van der Waals surface area contributed by atoms with Crippen molar-refractivity contribution < 1.29 is 19.4 Å². The fourth-order valence-electron chi connectivity index (χ4n) is 2.48. The van der Waals surface area contributed by atoms with Crippen LogP contribution in [-0.2, 0) is 0 Å². The molecule has 0 atom stereocenters. The highest BCUT2D eigenvalue weighted by molar-refractivity contribution is 9.10. The fraction of sp³-hybridized carbons (Fsp3) is 0.0455. The SMILES string of the molecule is Cc1cccc(C(=O)Oc2ccc(Br)cc2C=NNC(=O)c2ccc(O)cc2)c1. The van der Waals surface area contributed by atoms with Gasteiger partial charge >= 0.3 is 5.97 Å². The number of phenols is 1. The van der Waals surface area contributed by atoms with Crippen molar-refractivity contribution in [2.45, 2.75) is 6.92 Å². The number of carbonyl (C=O) groups excluding carboxylic acids is 2. The number of hydrogen-bond acceptors (Lipinski definition) is 5. The number of halogens is 1. The number of amides is 1. The van der Waals surface area contributed by atoms with Crippen molar-refractivity contribution in [3.63, 3.8) is 0 Å². The molecule has 0 fully saturated rings. The van der Waals surface area contributed by atoms with Gasteiger partial charge in [-0.1, -0.05) is 33.6 Å². The second-order valence-electron chi connectivity index (χ2n) is 6.19. The molecule has 0 unspecified atom stereocenters. The van der Waals surface area contributed by atoms with E-state index >= 15 is 0 Å². The molecule has 0 aromatic heterocycles. The Labute approximate surface area is 176 Å². The summed E-state index contributed by atoms with van der Waals surface area (Å²) in [7, 11) is 0. The minimum atomic E-state index is -0.487. The van der Waals surface area contributed by atoms with E-state index in [1.807, 2.05) is 13.0 Å². The first-order chi connectivity index (χ1) is 13.9. The molecule has 0 heterocycles. The van der Waals surface area contributed by atoms with Crippen LogP contribution in [-0.4, -0.2) is 23.2 Å². The molecular formula is C22H17BrN2O4. The van der Waals surface area contributed by atoms with Gasteiger partial charge in [0.1, 0.15) is 11.5 Å². The van der Waals surface area contributed by atoms with E-state index in [0.717, 1.165) is 10.0 Å². The highest BCUT2D eigenvalue weighted by atomic mass is 79.9. The Morgan fingerprint density at radius 3 is 2.52 bits per heavy atom. The van der Waals surface area contributed by atoms with Gasteiger partial charge in [-0.15, -0.1) is 0 Å². The predicted octanol–water partition coefficient (Wildman–Crippen LogP) is 4.45. The lowest BCUT2D eigenvalue weighted by Crippen LogP contribution is -2.17. The zero-order valence-electron chi connectivity index (χ0n) is 15.4. The summed E-state index contributed by atoms with van der Waals surface area (Å²) in [6.07, 6.45) is 1.39. The van der Waals surface area contributed by atoms with Crippen molar-refractivity contribution in [2.24, 2.45) is 5.10 Å². The molecule has 0 aliphatic rings. The van der Waals surface area contributed by atoms with Crippen LogP contribution < -0.4 is 10.2 Å².